The highest BCUT2D eigenvalue weighted by atomic mass is 32.1. The van der Waals surface area contributed by atoms with Gasteiger partial charge in [0.2, 0.25) is 0 Å². The summed E-state index contributed by atoms with van der Waals surface area (Å²) >= 11 is 13.1. The number of aromatic hydroxyl groups is 1. The Hall–Kier alpha value is -2.36. The lowest BCUT2D eigenvalue weighted by Crippen LogP contribution is -1.91. The minimum Gasteiger partial charge on any atom is -0.505 e. The van der Waals surface area contributed by atoms with Crippen molar-refractivity contribution in [2.45, 2.75) is 14.7 Å². The smallest absolute Gasteiger partial charge is 0.154 e. The number of fused-ring (bicyclic) bond motifs is 1. The Labute approximate surface area is 166 Å². The van der Waals surface area contributed by atoms with Crippen molar-refractivity contribution < 1.29 is 5.11 Å². The van der Waals surface area contributed by atoms with Crippen LogP contribution in [0.25, 0.3) is 10.8 Å². The molecule has 0 amide bonds. The summed E-state index contributed by atoms with van der Waals surface area (Å²) < 4.78 is 0. The van der Waals surface area contributed by atoms with Crippen molar-refractivity contribution in [3.8, 4) is 5.75 Å². The molecule has 0 atom stereocenters. The van der Waals surface area contributed by atoms with Crippen molar-refractivity contribution in [2.24, 2.45) is 15.2 Å². The number of azo groups is 1. The van der Waals surface area contributed by atoms with Crippen LogP contribution in [0.3, 0.4) is 0 Å². The van der Waals surface area contributed by atoms with E-state index in [2.05, 4.69) is 59.8 Å². The van der Waals surface area contributed by atoms with E-state index in [9.17, 15) is 5.11 Å². The van der Waals surface area contributed by atoms with Crippen LogP contribution in [0.5, 0.6) is 5.75 Å². The zero-order valence-electron chi connectivity index (χ0n) is 13.4. The molecule has 0 saturated carbocycles. The minimum atomic E-state index is -0.161. The largest absolute Gasteiger partial charge is 0.505 e. The third-order valence-electron chi connectivity index (χ3n) is 3.78. The van der Waals surface area contributed by atoms with Crippen LogP contribution in [0, 0.1) is 0 Å². The van der Waals surface area contributed by atoms with Gasteiger partial charge < -0.3 is 16.6 Å². The standard InChI is InChI=1S/C17H15N5OS3/c1-20-10-6-11(24)8-5-13(26)16(17(23)14(8)15(10)19)22-21-9-3-2-7(18)4-12(9)25/h2-6,23-26H,1,18-19H2. The summed E-state index contributed by atoms with van der Waals surface area (Å²) in [5.41, 5.74) is 13.7. The first-order valence-electron chi connectivity index (χ1n) is 7.30. The molecule has 0 heterocycles. The van der Waals surface area contributed by atoms with Gasteiger partial charge in [0, 0.05) is 25.8 Å². The molecule has 26 heavy (non-hydrogen) atoms. The molecule has 0 aliphatic carbocycles. The molecule has 0 spiro atoms. The van der Waals surface area contributed by atoms with E-state index in [1.807, 2.05) is 0 Å². The molecule has 3 aromatic carbocycles. The number of phenols is 1. The average molecular weight is 402 g/mol. The quantitative estimate of drug-likeness (QED) is 0.155. The fourth-order valence-electron chi connectivity index (χ4n) is 2.49. The Morgan fingerprint density at radius 1 is 0.885 bits per heavy atom. The third-order valence-corrected chi connectivity index (χ3v) is 4.85. The van der Waals surface area contributed by atoms with Crippen LogP contribution in [0.4, 0.5) is 28.4 Å². The number of nitrogen functional groups attached to an aromatic ring is 2. The highest BCUT2D eigenvalue weighted by Gasteiger charge is 2.17. The Morgan fingerprint density at radius 3 is 2.27 bits per heavy atom. The summed E-state index contributed by atoms with van der Waals surface area (Å²) in [4.78, 5) is 5.42. The van der Waals surface area contributed by atoms with Crippen molar-refractivity contribution in [2.75, 3.05) is 11.5 Å². The second kappa shape index (κ2) is 7.10. The second-order valence-electron chi connectivity index (χ2n) is 5.45. The number of aliphatic imine (C=N–C) groups is 1. The molecule has 9 heteroatoms. The third kappa shape index (κ3) is 3.20. The van der Waals surface area contributed by atoms with E-state index in [0.29, 0.717) is 42.5 Å². The molecule has 5 N–H and O–H groups in total. The van der Waals surface area contributed by atoms with Crippen LogP contribution in [0.15, 0.2) is 60.2 Å². The maximum Gasteiger partial charge on any atom is 0.154 e. The van der Waals surface area contributed by atoms with Gasteiger partial charge in [0.1, 0.15) is 5.69 Å². The lowest BCUT2D eigenvalue weighted by molar-refractivity contribution is 0.481. The monoisotopic (exact) mass is 401 g/mol. The molecule has 0 bridgehead atoms. The number of nitrogens with two attached hydrogens (primary N) is 2. The van der Waals surface area contributed by atoms with Crippen LogP contribution >= 0.6 is 37.9 Å². The first-order valence-corrected chi connectivity index (χ1v) is 8.64. The summed E-state index contributed by atoms with van der Waals surface area (Å²) in [5.74, 6) is -0.161. The van der Waals surface area contributed by atoms with Gasteiger partial charge in [-0.3, -0.25) is 4.99 Å². The van der Waals surface area contributed by atoms with Crippen molar-refractivity contribution in [1.29, 1.82) is 0 Å². The lowest BCUT2D eigenvalue weighted by Gasteiger charge is -2.13. The number of benzene rings is 3. The molecule has 6 nitrogen and oxygen atoms in total. The zero-order valence-corrected chi connectivity index (χ0v) is 16.1. The molecule has 3 rings (SSSR count). The number of anilines is 2. The molecular weight excluding hydrogens is 386 g/mol. The average Bonchev–Trinajstić information content (AvgIpc) is 2.59. The van der Waals surface area contributed by atoms with Gasteiger partial charge >= 0.3 is 0 Å². The molecule has 3 aromatic rings. The second-order valence-corrected chi connectivity index (χ2v) is 6.90. The van der Waals surface area contributed by atoms with Gasteiger partial charge in [-0.05, 0) is 37.0 Å². The summed E-state index contributed by atoms with van der Waals surface area (Å²) in [6.45, 7) is 3.48. The molecule has 0 saturated heterocycles. The fourth-order valence-corrected chi connectivity index (χ4v) is 3.34. The zero-order chi connectivity index (χ0) is 19.0. The number of thiol groups is 3. The first kappa shape index (κ1) is 18.4. The number of phenolic OH excluding ortho intramolecular Hbond substituents is 1. The number of rotatable bonds is 3. The van der Waals surface area contributed by atoms with Gasteiger partial charge in [0.25, 0.3) is 0 Å². The molecule has 0 aliphatic rings. The Balaban J connectivity index is 2.22. The van der Waals surface area contributed by atoms with E-state index in [-0.39, 0.29) is 17.1 Å². The van der Waals surface area contributed by atoms with E-state index in [0.717, 1.165) is 0 Å². The van der Waals surface area contributed by atoms with E-state index in [1.165, 1.54) is 0 Å². The Bertz CT molecular complexity index is 1080. The van der Waals surface area contributed by atoms with E-state index < -0.39 is 0 Å². The van der Waals surface area contributed by atoms with Gasteiger partial charge in [-0.1, -0.05) is 0 Å². The van der Waals surface area contributed by atoms with Gasteiger partial charge in [0.05, 0.1) is 22.4 Å². The van der Waals surface area contributed by atoms with Crippen molar-refractivity contribution in [1.82, 2.24) is 0 Å². The van der Waals surface area contributed by atoms with Crippen molar-refractivity contribution in [3.63, 3.8) is 0 Å². The van der Waals surface area contributed by atoms with Gasteiger partial charge in [0.15, 0.2) is 5.75 Å². The molecular formula is C17H15N5OS3. The van der Waals surface area contributed by atoms with Crippen molar-refractivity contribution in [3.05, 3.63) is 30.3 Å². The highest BCUT2D eigenvalue weighted by Crippen LogP contribution is 2.47. The topological polar surface area (TPSA) is 109 Å². The normalized spacial score (nSPS) is 11.3. The summed E-state index contributed by atoms with van der Waals surface area (Å²) in [6, 6.07) is 8.40. The molecule has 132 valence electrons. The van der Waals surface area contributed by atoms with E-state index in [4.69, 9.17) is 11.5 Å². The van der Waals surface area contributed by atoms with Crippen molar-refractivity contribution >= 4 is 83.8 Å². The maximum atomic E-state index is 10.7. The maximum absolute atomic E-state index is 10.7. The van der Waals surface area contributed by atoms with Crippen LogP contribution in [-0.2, 0) is 0 Å². The SMILES string of the molecule is C=Nc1cc(S)c2cc(S)c(N=Nc3ccc(N)cc3S)c(O)c2c1N. The number of nitrogens with zero attached hydrogens (tertiary/aromatic N) is 3. The minimum absolute atomic E-state index is 0.161. The highest BCUT2D eigenvalue weighted by molar-refractivity contribution is 7.81. The molecule has 0 aliphatic heterocycles. The molecule has 0 aromatic heterocycles. The summed E-state index contributed by atoms with van der Waals surface area (Å²) in [5, 5.41) is 20.0. The summed E-state index contributed by atoms with van der Waals surface area (Å²) in [6.07, 6.45) is 0. The molecule has 0 radical (unpaired) electrons. The molecule has 0 unspecified atom stereocenters. The number of hydrogen-bond acceptors (Lipinski definition) is 9. The first-order chi connectivity index (χ1) is 12.3. The van der Waals surface area contributed by atoms with Gasteiger partial charge in [-0.2, -0.15) is 0 Å². The fraction of sp³-hybridized carbons (Fsp3) is 0. The van der Waals surface area contributed by atoms with Crippen LogP contribution < -0.4 is 11.5 Å². The van der Waals surface area contributed by atoms with Gasteiger partial charge in [-0.25, -0.2) is 0 Å². The predicted octanol–water partition coefficient (Wildman–Crippen LogP) is 5.32. The molecule has 0 fully saturated rings. The Morgan fingerprint density at radius 2 is 1.62 bits per heavy atom. The number of hydrogen-bond donors (Lipinski definition) is 6. The van der Waals surface area contributed by atoms with Crippen LogP contribution in [-0.4, -0.2) is 11.8 Å². The van der Waals surface area contributed by atoms with Crippen LogP contribution in [0.2, 0.25) is 0 Å². The summed E-state index contributed by atoms with van der Waals surface area (Å²) in [7, 11) is 0. The van der Waals surface area contributed by atoms with E-state index >= 15 is 0 Å². The van der Waals surface area contributed by atoms with E-state index in [1.54, 1.807) is 30.3 Å². The van der Waals surface area contributed by atoms with Gasteiger partial charge in [-0.15, -0.1) is 48.1 Å². The predicted molar refractivity (Wildman–Crippen MR) is 116 cm³/mol. The Kier molecular flexibility index (Phi) is 5.03. The van der Waals surface area contributed by atoms with Crippen LogP contribution in [0.1, 0.15) is 0 Å². The lowest BCUT2D eigenvalue weighted by atomic mass is 10.0.